The largest absolute Gasteiger partial charge is 0.497 e. The second-order valence-corrected chi connectivity index (χ2v) is 5.89. The molecule has 1 atom stereocenters. The van der Waals surface area contributed by atoms with Gasteiger partial charge in [0.05, 0.1) is 19.0 Å². The SMILES string of the molecule is COc1cccc([C@H](C)N2CCN(C(=O)Nc3cn[nH]c3)CC2)c1. The van der Waals surface area contributed by atoms with E-state index in [0.29, 0.717) is 24.8 Å². The van der Waals surface area contributed by atoms with Gasteiger partial charge in [0.25, 0.3) is 0 Å². The van der Waals surface area contributed by atoms with E-state index in [0.717, 1.165) is 18.8 Å². The van der Waals surface area contributed by atoms with Gasteiger partial charge in [-0.2, -0.15) is 5.10 Å². The number of H-pyrrole nitrogens is 1. The first-order chi connectivity index (χ1) is 11.7. The standard InChI is InChI=1S/C17H23N5O2/c1-13(14-4-3-5-16(10-14)24-2)21-6-8-22(9-7-21)17(23)20-15-11-18-19-12-15/h3-5,10-13H,6-9H2,1-2H3,(H,18,19)(H,20,23)/t13-/m0/s1. The van der Waals surface area contributed by atoms with Gasteiger partial charge >= 0.3 is 6.03 Å². The molecule has 0 unspecified atom stereocenters. The normalized spacial score (nSPS) is 16.7. The van der Waals surface area contributed by atoms with Gasteiger partial charge < -0.3 is 15.0 Å². The molecule has 1 aliphatic rings. The number of hydrogen-bond donors (Lipinski definition) is 2. The van der Waals surface area contributed by atoms with Crippen LogP contribution in [0.4, 0.5) is 10.5 Å². The molecule has 1 aromatic carbocycles. The average molecular weight is 329 g/mol. The van der Waals surface area contributed by atoms with Crippen LogP contribution >= 0.6 is 0 Å². The van der Waals surface area contributed by atoms with Crippen molar-refractivity contribution in [3.8, 4) is 5.75 Å². The number of nitrogens with zero attached hydrogens (tertiary/aromatic N) is 3. The van der Waals surface area contributed by atoms with Crippen LogP contribution in [-0.2, 0) is 0 Å². The number of methoxy groups -OCH3 is 1. The van der Waals surface area contributed by atoms with E-state index in [9.17, 15) is 4.79 Å². The highest BCUT2D eigenvalue weighted by Gasteiger charge is 2.25. The highest BCUT2D eigenvalue weighted by molar-refractivity contribution is 5.89. The molecule has 0 bridgehead atoms. The number of urea groups is 1. The fraction of sp³-hybridized carbons (Fsp3) is 0.412. The third kappa shape index (κ3) is 3.68. The Hall–Kier alpha value is -2.54. The number of hydrogen-bond acceptors (Lipinski definition) is 4. The number of anilines is 1. The van der Waals surface area contributed by atoms with Crippen molar-refractivity contribution in [2.75, 3.05) is 38.6 Å². The summed E-state index contributed by atoms with van der Waals surface area (Å²) in [6, 6.07) is 8.37. The highest BCUT2D eigenvalue weighted by atomic mass is 16.5. The Kier molecular flexibility index (Phi) is 5.00. The molecule has 2 aromatic rings. The highest BCUT2D eigenvalue weighted by Crippen LogP contribution is 2.25. The molecule has 7 heteroatoms. The van der Waals surface area contributed by atoms with Crippen molar-refractivity contribution < 1.29 is 9.53 Å². The number of amides is 2. The summed E-state index contributed by atoms with van der Waals surface area (Å²) in [4.78, 5) is 16.5. The van der Waals surface area contributed by atoms with Crippen molar-refractivity contribution in [1.29, 1.82) is 0 Å². The van der Waals surface area contributed by atoms with Crippen LogP contribution in [0.1, 0.15) is 18.5 Å². The molecular formula is C17H23N5O2. The van der Waals surface area contributed by atoms with Gasteiger partial charge in [-0.05, 0) is 24.6 Å². The summed E-state index contributed by atoms with van der Waals surface area (Å²) in [6.45, 7) is 5.29. The van der Waals surface area contributed by atoms with Crippen LogP contribution in [-0.4, -0.2) is 59.3 Å². The monoisotopic (exact) mass is 329 g/mol. The van der Waals surface area contributed by atoms with Crippen LogP contribution in [0.2, 0.25) is 0 Å². The van der Waals surface area contributed by atoms with Gasteiger partial charge in [-0.25, -0.2) is 4.79 Å². The van der Waals surface area contributed by atoms with Gasteiger partial charge in [0.2, 0.25) is 0 Å². The van der Waals surface area contributed by atoms with Gasteiger partial charge in [0.1, 0.15) is 5.75 Å². The number of carbonyl (C=O) groups is 1. The summed E-state index contributed by atoms with van der Waals surface area (Å²) >= 11 is 0. The fourth-order valence-electron chi connectivity index (χ4n) is 2.95. The Morgan fingerprint density at radius 1 is 1.33 bits per heavy atom. The van der Waals surface area contributed by atoms with Crippen LogP contribution < -0.4 is 10.1 Å². The maximum atomic E-state index is 12.2. The number of rotatable bonds is 4. The quantitative estimate of drug-likeness (QED) is 0.903. The maximum absolute atomic E-state index is 12.2. The Bertz CT molecular complexity index is 665. The van der Waals surface area contributed by atoms with E-state index >= 15 is 0 Å². The van der Waals surface area contributed by atoms with Crippen LogP contribution in [0.5, 0.6) is 5.75 Å². The van der Waals surface area contributed by atoms with Crippen molar-refractivity contribution >= 4 is 11.7 Å². The van der Waals surface area contributed by atoms with Gasteiger partial charge in [-0.3, -0.25) is 10.00 Å². The molecule has 1 aromatic heterocycles. The Labute approximate surface area is 141 Å². The number of aromatic nitrogens is 2. The molecule has 24 heavy (non-hydrogen) atoms. The maximum Gasteiger partial charge on any atom is 0.322 e. The minimum Gasteiger partial charge on any atom is -0.497 e. The fourth-order valence-corrected chi connectivity index (χ4v) is 2.95. The molecule has 128 valence electrons. The Morgan fingerprint density at radius 2 is 2.12 bits per heavy atom. The van der Waals surface area contributed by atoms with E-state index in [-0.39, 0.29) is 6.03 Å². The minimum absolute atomic E-state index is 0.0786. The summed E-state index contributed by atoms with van der Waals surface area (Å²) in [5.74, 6) is 0.873. The van der Waals surface area contributed by atoms with Crippen LogP contribution in [0, 0.1) is 0 Å². The van der Waals surface area contributed by atoms with Crippen LogP contribution in [0.25, 0.3) is 0 Å². The molecule has 2 heterocycles. The second kappa shape index (κ2) is 7.35. The minimum atomic E-state index is -0.0786. The van der Waals surface area contributed by atoms with Crippen molar-refractivity contribution in [2.24, 2.45) is 0 Å². The zero-order valence-electron chi connectivity index (χ0n) is 14.0. The molecule has 0 spiro atoms. The van der Waals surface area contributed by atoms with Crippen LogP contribution in [0.15, 0.2) is 36.7 Å². The summed E-state index contributed by atoms with van der Waals surface area (Å²) in [5.41, 5.74) is 1.91. The summed E-state index contributed by atoms with van der Waals surface area (Å²) < 4.78 is 5.30. The van der Waals surface area contributed by atoms with Gasteiger partial charge in [-0.1, -0.05) is 12.1 Å². The molecular weight excluding hydrogens is 306 g/mol. The lowest BCUT2D eigenvalue weighted by molar-refractivity contribution is 0.119. The molecule has 7 nitrogen and oxygen atoms in total. The number of benzene rings is 1. The topological polar surface area (TPSA) is 73.5 Å². The average Bonchev–Trinajstić information content (AvgIpc) is 3.14. The summed E-state index contributed by atoms with van der Waals surface area (Å²) in [5, 5.41) is 9.35. The van der Waals surface area contributed by atoms with Gasteiger partial charge in [0, 0.05) is 38.4 Å². The number of ether oxygens (including phenoxy) is 1. The third-order valence-corrected chi connectivity index (χ3v) is 4.47. The first kappa shape index (κ1) is 16.3. The Balaban J connectivity index is 1.55. The van der Waals surface area contributed by atoms with E-state index in [1.807, 2.05) is 17.0 Å². The summed E-state index contributed by atoms with van der Waals surface area (Å²) in [7, 11) is 1.68. The van der Waals surface area contributed by atoms with Crippen LogP contribution in [0.3, 0.4) is 0 Å². The first-order valence-electron chi connectivity index (χ1n) is 8.10. The molecule has 1 fully saturated rings. The predicted molar refractivity (Wildman–Crippen MR) is 92.2 cm³/mol. The Morgan fingerprint density at radius 3 is 2.79 bits per heavy atom. The number of piperazine rings is 1. The zero-order valence-corrected chi connectivity index (χ0v) is 14.0. The zero-order chi connectivity index (χ0) is 16.9. The van der Waals surface area contributed by atoms with E-state index in [1.165, 1.54) is 5.56 Å². The van der Waals surface area contributed by atoms with Gasteiger partial charge in [-0.15, -0.1) is 0 Å². The lowest BCUT2D eigenvalue weighted by atomic mass is 10.1. The lowest BCUT2D eigenvalue weighted by Gasteiger charge is -2.38. The van der Waals surface area contributed by atoms with Gasteiger partial charge in [0.15, 0.2) is 0 Å². The molecule has 0 aliphatic carbocycles. The molecule has 2 N–H and O–H groups in total. The lowest BCUT2D eigenvalue weighted by Crippen LogP contribution is -2.50. The molecule has 0 saturated carbocycles. The predicted octanol–water partition coefficient (Wildman–Crippen LogP) is 2.33. The molecule has 0 radical (unpaired) electrons. The van der Waals surface area contributed by atoms with E-state index < -0.39 is 0 Å². The molecule has 1 saturated heterocycles. The van der Waals surface area contributed by atoms with E-state index in [4.69, 9.17) is 4.74 Å². The smallest absolute Gasteiger partial charge is 0.322 e. The molecule has 1 aliphatic heterocycles. The number of carbonyl (C=O) groups excluding carboxylic acids is 1. The number of aromatic amines is 1. The van der Waals surface area contributed by atoms with Crippen molar-refractivity contribution in [1.82, 2.24) is 20.0 Å². The second-order valence-electron chi connectivity index (χ2n) is 5.89. The van der Waals surface area contributed by atoms with E-state index in [1.54, 1.807) is 19.5 Å². The van der Waals surface area contributed by atoms with E-state index in [2.05, 4.69) is 39.5 Å². The van der Waals surface area contributed by atoms with Crippen molar-refractivity contribution in [2.45, 2.75) is 13.0 Å². The van der Waals surface area contributed by atoms with Crippen molar-refractivity contribution in [3.63, 3.8) is 0 Å². The molecule has 3 rings (SSSR count). The molecule has 2 amide bonds. The first-order valence-corrected chi connectivity index (χ1v) is 8.10. The summed E-state index contributed by atoms with van der Waals surface area (Å²) in [6.07, 6.45) is 3.26. The van der Waals surface area contributed by atoms with Crippen molar-refractivity contribution in [3.05, 3.63) is 42.2 Å². The third-order valence-electron chi connectivity index (χ3n) is 4.47. The number of nitrogens with one attached hydrogen (secondary N) is 2.